The highest BCUT2D eigenvalue weighted by Crippen LogP contribution is 2.16. The molecule has 0 fully saturated rings. The molecule has 0 amide bonds. The van der Waals surface area contributed by atoms with Crippen molar-refractivity contribution >= 4 is 11.3 Å². The number of ether oxygens (including phenoxy) is 1. The van der Waals surface area contributed by atoms with Crippen molar-refractivity contribution in [3.05, 3.63) is 52.2 Å². The van der Waals surface area contributed by atoms with Crippen molar-refractivity contribution in [2.75, 3.05) is 6.54 Å². The van der Waals surface area contributed by atoms with E-state index in [0.717, 1.165) is 18.8 Å². The summed E-state index contributed by atoms with van der Waals surface area (Å²) in [7, 11) is 0. The minimum absolute atomic E-state index is 0.660. The van der Waals surface area contributed by atoms with Crippen LogP contribution in [0.2, 0.25) is 0 Å². The summed E-state index contributed by atoms with van der Waals surface area (Å²) in [6.07, 6.45) is 8.11. The van der Waals surface area contributed by atoms with Gasteiger partial charge in [-0.05, 0) is 42.1 Å². The number of thiophene rings is 1. The Balaban J connectivity index is 1.56. The van der Waals surface area contributed by atoms with Gasteiger partial charge in [-0.25, -0.2) is 0 Å². The van der Waals surface area contributed by atoms with Crippen LogP contribution >= 0.6 is 11.3 Å². The van der Waals surface area contributed by atoms with Crippen LogP contribution < -0.4 is 10.1 Å². The van der Waals surface area contributed by atoms with Crippen LogP contribution in [0.1, 0.15) is 55.9 Å². The molecule has 0 aliphatic heterocycles. The van der Waals surface area contributed by atoms with Crippen molar-refractivity contribution < 1.29 is 4.74 Å². The molecule has 0 unspecified atom stereocenters. The van der Waals surface area contributed by atoms with E-state index in [1.807, 2.05) is 0 Å². The summed E-state index contributed by atoms with van der Waals surface area (Å²) in [6.45, 7) is 4.98. The van der Waals surface area contributed by atoms with Crippen molar-refractivity contribution in [1.29, 1.82) is 0 Å². The molecule has 0 aliphatic rings. The van der Waals surface area contributed by atoms with Gasteiger partial charge in [0.15, 0.2) is 0 Å². The maximum Gasteiger partial charge on any atom is 0.122 e. The monoisotopic (exact) mass is 331 g/mol. The van der Waals surface area contributed by atoms with Gasteiger partial charge in [0.05, 0.1) is 0 Å². The summed E-state index contributed by atoms with van der Waals surface area (Å²) < 4.78 is 5.79. The third kappa shape index (κ3) is 7.67. The van der Waals surface area contributed by atoms with Crippen LogP contribution in [0.25, 0.3) is 0 Å². The Morgan fingerprint density at radius 2 is 1.74 bits per heavy atom. The van der Waals surface area contributed by atoms with Crippen LogP contribution in [0.4, 0.5) is 0 Å². The second-order valence-corrected chi connectivity index (χ2v) is 6.99. The standard InChI is InChI=1S/C20H29NOS/c1-2-3-4-5-6-7-14-21-16-18-10-12-19(13-11-18)22-17-20-9-8-15-23-20/h8-13,15,21H,2-7,14,16-17H2,1H3. The summed E-state index contributed by atoms with van der Waals surface area (Å²) in [5.74, 6) is 0.943. The third-order valence-electron chi connectivity index (χ3n) is 3.92. The molecule has 0 bridgehead atoms. The summed E-state index contributed by atoms with van der Waals surface area (Å²) in [4.78, 5) is 1.26. The molecule has 0 atom stereocenters. The van der Waals surface area contributed by atoms with Crippen molar-refractivity contribution in [3.63, 3.8) is 0 Å². The molecular formula is C20H29NOS. The van der Waals surface area contributed by atoms with Crippen LogP contribution in [0.3, 0.4) is 0 Å². The van der Waals surface area contributed by atoms with Gasteiger partial charge in [0, 0.05) is 11.4 Å². The van der Waals surface area contributed by atoms with Crippen molar-refractivity contribution in [2.45, 2.75) is 58.6 Å². The normalized spacial score (nSPS) is 10.8. The zero-order chi connectivity index (χ0) is 16.2. The van der Waals surface area contributed by atoms with Crippen LogP contribution in [-0.4, -0.2) is 6.54 Å². The van der Waals surface area contributed by atoms with Crippen LogP contribution in [0, 0.1) is 0 Å². The maximum absolute atomic E-state index is 5.79. The Morgan fingerprint density at radius 1 is 0.957 bits per heavy atom. The lowest BCUT2D eigenvalue weighted by molar-refractivity contribution is 0.309. The number of benzene rings is 1. The average molecular weight is 332 g/mol. The molecule has 126 valence electrons. The summed E-state index contributed by atoms with van der Waals surface area (Å²) in [5, 5.41) is 5.61. The lowest BCUT2D eigenvalue weighted by Gasteiger charge is -2.07. The molecule has 2 nitrogen and oxygen atoms in total. The molecule has 1 aromatic carbocycles. The number of hydrogen-bond donors (Lipinski definition) is 1. The van der Waals surface area contributed by atoms with Gasteiger partial charge in [-0.2, -0.15) is 0 Å². The Labute approximate surface area is 144 Å². The fraction of sp³-hybridized carbons (Fsp3) is 0.500. The SMILES string of the molecule is CCCCCCCCNCc1ccc(OCc2cccs2)cc1. The molecule has 1 aromatic heterocycles. The van der Waals surface area contributed by atoms with Gasteiger partial charge >= 0.3 is 0 Å². The first kappa shape index (κ1) is 18.0. The minimum atomic E-state index is 0.660. The van der Waals surface area contributed by atoms with Gasteiger partial charge < -0.3 is 10.1 Å². The molecule has 0 radical (unpaired) electrons. The molecule has 1 N–H and O–H groups in total. The van der Waals surface area contributed by atoms with E-state index in [1.165, 1.54) is 49.0 Å². The highest BCUT2D eigenvalue weighted by molar-refractivity contribution is 7.09. The van der Waals surface area contributed by atoms with Crippen molar-refractivity contribution in [3.8, 4) is 5.75 Å². The van der Waals surface area contributed by atoms with E-state index in [9.17, 15) is 0 Å². The topological polar surface area (TPSA) is 21.3 Å². The first-order chi connectivity index (χ1) is 11.4. The van der Waals surface area contributed by atoms with E-state index in [2.05, 4.69) is 54.0 Å². The van der Waals surface area contributed by atoms with Crippen LogP contribution in [0.5, 0.6) is 5.75 Å². The molecule has 2 rings (SSSR count). The lowest BCUT2D eigenvalue weighted by atomic mass is 10.1. The maximum atomic E-state index is 5.79. The second-order valence-electron chi connectivity index (χ2n) is 5.96. The van der Waals surface area contributed by atoms with Crippen LogP contribution in [-0.2, 0) is 13.2 Å². The van der Waals surface area contributed by atoms with Crippen LogP contribution in [0.15, 0.2) is 41.8 Å². The first-order valence-electron chi connectivity index (χ1n) is 8.83. The second kappa shape index (κ2) is 11.3. The van der Waals surface area contributed by atoms with E-state index in [0.29, 0.717) is 6.61 Å². The van der Waals surface area contributed by atoms with E-state index >= 15 is 0 Å². The number of unbranched alkanes of at least 4 members (excludes halogenated alkanes) is 5. The number of nitrogens with one attached hydrogen (secondary N) is 1. The molecule has 2 aromatic rings. The number of hydrogen-bond acceptors (Lipinski definition) is 3. The molecule has 3 heteroatoms. The van der Waals surface area contributed by atoms with Crippen molar-refractivity contribution in [2.24, 2.45) is 0 Å². The molecule has 0 spiro atoms. The summed E-state index contributed by atoms with van der Waals surface area (Å²) in [5.41, 5.74) is 1.32. The van der Waals surface area contributed by atoms with Gasteiger partial charge in [-0.15, -0.1) is 11.3 Å². The highest BCUT2D eigenvalue weighted by atomic mass is 32.1. The van der Waals surface area contributed by atoms with Gasteiger partial charge in [-0.1, -0.05) is 57.2 Å². The first-order valence-corrected chi connectivity index (χ1v) is 9.71. The Morgan fingerprint density at radius 3 is 2.48 bits per heavy atom. The predicted molar refractivity (Wildman–Crippen MR) is 100 cm³/mol. The average Bonchev–Trinajstić information content (AvgIpc) is 3.10. The van der Waals surface area contributed by atoms with Gasteiger partial charge in [-0.3, -0.25) is 0 Å². The zero-order valence-corrected chi connectivity index (χ0v) is 15.0. The summed E-state index contributed by atoms with van der Waals surface area (Å²) in [6, 6.07) is 12.6. The minimum Gasteiger partial charge on any atom is -0.488 e. The Hall–Kier alpha value is -1.32. The van der Waals surface area contributed by atoms with Gasteiger partial charge in [0.25, 0.3) is 0 Å². The quantitative estimate of drug-likeness (QED) is 0.498. The Kier molecular flexibility index (Phi) is 8.82. The van der Waals surface area contributed by atoms with E-state index < -0.39 is 0 Å². The zero-order valence-electron chi connectivity index (χ0n) is 14.2. The van der Waals surface area contributed by atoms with Gasteiger partial charge in [0.1, 0.15) is 12.4 Å². The molecule has 23 heavy (non-hydrogen) atoms. The predicted octanol–water partition coefficient (Wildman–Crippen LogP) is 5.78. The molecule has 0 saturated heterocycles. The molecule has 0 saturated carbocycles. The van der Waals surface area contributed by atoms with E-state index in [1.54, 1.807) is 11.3 Å². The lowest BCUT2D eigenvalue weighted by Crippen LogP contribution is -2.14. The Bertz CT molecular complexity index is 507. The molecule has 1 heterocycles. The van der Waals surface area contributed by atoms with Crippen molar-refractivity contribution in [1.82, 2.24) is 5.32 Å². The molecular weight excluding hydrogens is 302 g/mol. The largest absolute Gasteiger partial charge is 0.488 e. The number of rotatable bonds is 12. The van der Waals surface area contributed by atoms with Gasteiger partial charge in [0.2, 0.25) is 0 Å². The fourth-order valence-corrected chi connectivity index (χ4v) is 3.13. The molecule has 0 aliphatic carbocycles. The summed E-state index contributed by atoms with van der Waals surface area (Å²) >= 11 is 1.73. The van der Waals surface area contributed by atoms with E-state index in [4.69, 9.17) is 4.74 Å². The fourth-order valence-electron chi connectivity index (χ4n) is 2.52. The third-order valence-corrected chi connectivity index (χ3v) is 4.77. The van der Waals surface area contributed by atoms with E-state index in [-0.39, 0.29) is 0 Å². The highest BCUT2D eigenvalue weighted by Gasteiger charge is 1.98. The smallest absolute Gasteiger partial charge is 0.122 e.